The van der Waals surface area contributed by atoms with Crippen LogP contribution < -0.4 is 0 Å². The highest BCUT2D eigenvalue weighted by Crippen LogP contribution is 2.50. The topological polar surface area (TPSA) is 58.9 Å². The lowest BCUT2D eigenvalue weighted by Gasteiger charge is -2.41. The fraction of sp³-hybridized carbons (Fsp3) is 0.286. The van der Waals surface area contributed by atoms with Crippen LogP contribution in [0.25, 0.3) is 11.1 Å². The van der Waals surface area contributed by atoms with Gasteiger partial charge in [-0.15, -0.1) is 11.8 Å². The summed E-state index contributed by atoms with van der Waals surface area (Å²) in [5.41, 5.74) is 5.06. The number of ether oxygens (including phenoxy) is 1. The van der Waals surface area contributed by atoms with Gasteiger partial charge in [0, 0.05) is 17.7 Å². The molecule has 1 heterocycles. The molecule has 3 aromatic carbocycles. The first-order valence-electron chi connectivity index (χ1n) is 11.3. The normalized spacial score (nSPS) is 19.3. The Morgan fingerprint density at radius 2 is 1.79 bits per heavy atom. The zero-order valence-corrected chi connectivity index (χ0v) is 19.8. The molecule has 4 rings (SSSR count). The average Bonchev–Trinajstić information content (AvgIpc) is 2.86. The van der Waals surface area contributed by atoms with Crippen LogP contribution in [0.3, 0.4) is 0 Å². The van der Waals surface area contributed by atoms with E-state index in [1.54, 1.807) is 23.9 Å². The highest BCUT2D eigenvalue weighted by atomic mass is 32.2. The third kappa shape index (κ3) is 4.75. The lowest BCUT2D eigenvalue weighted by molar-refractivity contribution is -0.0151. The summed E-state index contributed by atoms with van der Waals surface area (Å²) in [6.07, 6.45) is 7.47. The molecule has 1 aliphatic heterocycles. The van der Waals surface area contributed by atoms with Gasteiger partial charge in [-0.05, 0) is 41.5 Å². The molecule has 170 valence electrons. The summed E-state index contributed by atoms with van der Waals surface area (Å²) in [5, 5.41) is 9.50. The van der Waals surface area contributed by atoms with Crippen molar-refractivity contribution in [1.82, 2.24) is 0 Å². The van der Waals surface area contributed by atoms with Gasteiger partial charge in [-0.1, -0.05) is 80.4 Å². The maximum atomic E-state index is 11.6. The van der Waals surface area contributed by atoms with E-state index in [4.69, 9.17) is 9.73 Å². The summed E-state index contributed by atoms with van der Waals surface area (Å²) < 4.78 is 6.73. The van der Waals surface area contributed by atoms with Crippen molar-refractivity contribution in [2.45, 2.75) is 37.7 Å². The molecule has 3 aromatic rings. The Morgan fingerprint density at radius 3 is 2.52 bits per heavy atom. The monoisotopic (exact) mass is 459 g/mol. The molecule has 1 aliphatic rings. The van der Waals surface area contributed by atoms with E-state index < -0.39 is 10.9 Å². The van der Waals surface area contributed by atoms with Gasteiger partial charge in [0.25, 0.3) is 0 Å². The molecule has 0 spiro atoms. The fourth-order valence-electron chi connectivity index (χ4n) is 4.44. The first-order valence-corrected chi connectivity index (χ1v) is 12.6. The molecule has 5 heteroatoms. The Bertz CT molecular complexity index is 1140. The van der Waals surface area contributed by atoms with Gasteiger partial charge in [-0.25, -0.2) is 4.79 Å². The predicted octanol–water partition coefficient (Wildman–Crippen LogP) is 7.31. The maximum Gasteiger partial charge on any atom is 0.336 e. The lowest BCUT2D eigenvalue weighted by atomic mass is 9.88. The van der Waals surface area contributed by atoms with Crippen molar-refractivity contribution in [2.75, 3.05) is 6.26 Å². The second-order valence-electron chi connectivity index (χ2n) is 8.25. The van der Waals surface area contributed by atoms with Crippen LogP contribution in [-0.4, -0.2) is 23.5 Å². The number of hydrogen-bond donors (Lipinski definition) is 1. The standard InChI is InChI=1S/C28H29NO3S/c1-3-4-9-22-18-29-26-13-8-7-12-25(26)28(22,33-2)32-19-20-14-16-21(17-15-20)23-10-5-6-11-24(23)27(30)31/h5-8,10-18,22H,3-4,9,19H2,1-2H3,(H,30,31). The Labute approximate surface area is 199 Å². The summed E-state index contributed by atoms with van der Waals surface area (Å²) >= 11 is 1.74. The number of para-hydroxylation sites is 1. The Balaban J connectivity index is 1.59. The number of nitrogens with zero attached hydrogens (tertiary/aromatic N) is 1. The van der Waals surface area contributed by atoms with Crippen LogP contribution >= 0.6 is 11.8 Å². The van der Waals surface area contributed by atoms with Crippen molar-refractivity contribution in [2.24, 2.45) is 10.9 Å². The third-order valence-corrected chi connectivity index (χ3v) is 7.46. The number of benzene rings is 3. The van der Waals surface area contributed by atoms with E-state index in [2.05, 4.69) is 31.5 Å². The van der Waals surface area contributed by atoms with Gasteiger partial charge >= 0.3 is 5.97 Å². The minimum Gasteiger partial charge on any atom is -0.478 e. The molecule has 0 saturated heterocycles. The summed E-state index contributed by atoms with van der Waals surface area (Å²) in [4.78, 5) is 15.8. The molecule has 4 nitrogen and oxygen atoms in total. The minimum absolute atomic E-state index is 0.198. The second kappa shape index (κ2) is 10.4. The molecular formula is C28H29NO3S. The van der Waals surface area contributed by atoms with E-state index in [-0.39, 0.29) is 5.92 Å². The molecular weight excluding hydrogens is 430 g/mol. The van der Waals surface area contributed by atoms with Crippen molar-refractivity contribution in [3.63, 3.8) is 0 Å². The number of carboxylic acids is 1. The molecule has 0 aliphatic carbocycles. The number of aromatic carboxylic acids is 1. The van der Waals surface area contributed by atoms with Crippen LogP contribution in [0.2, 0.25) is 0 Å². The number of unbranched alkanes of at least 4 members (excludes halogenated alkanes) is 1. The van der Waals surface area contributed by atoms with Gasteiger partial charge in [0.05, 0.1) is 17.9 Å². The van der Waals surface area contributed by atoms with Gasteiger partial charge in [0.1, 0.15) is 4.93 Å². The van der Waals surface area contributed by atoms with E-state index in [1.165, 1.54) is 0 Å². The van der Waals surface area contributed by atoms with Crippen LogP contribution in [0.1, 0.15) is 47.7 Å². The van der Waals surface area contributed by atoms with Crippen LogP contribution in [0.15, 0.2) is 77.8 Å². The number of thioether (sulfide) groups is 1. The molecule has 0 bridgehead atoms. The molecule has 0 fully saturated rings. The summed E-state index contributed by atoms with van der Waals surface area (Å²) in [5.74, 6) is -0.722. The van der Waals surface area contributed by atoms with Crippen LogP contribution in [-0.2, 0) is 16.3 Å². The lowest BCUT2D eigenvalue weighted by Crippen LogP contribution is -2.37. The van der Waals surface area contributed by atoms with Crippen molar-refractivity contribution in [3.8, 4) is 11.1 Å². The van der Waals surface area contributed by atoms with Gasteiger partial charge in [-0.2, -0.15) is 0 Å². The first kappa shape index (κ1) is 23.3. The van der Waals surface area contributed by atoms with Crippen LogP contribution in [0, 0.1) is 5.92 Å². The van der Waals surface area contributed by atoms with E-state index in [1.807, 2.05) is 48.5 Å². The third-order valence-electron chi connectivity index (χ3n) is 6.21. The predicted molar refractivity (Wildman–Crippen MR) is 136 cm³/mol. The Kier molecular flexibility index (Phi) is 7.31. The van der Waals surface area contributed by atoms with Gasteiger partial charge < -0.3 is 9.84 Å². The zero-order valence-electron chi connectivity index (χ0n) is 19.0. The van der Waals surface area contributed by atoms with Crippen molar-refractivity contribution in [1.29, 1.82) is 0 Å². The summed E-state index contributed by atoms with van der Waals surface area (Å²) in [6, 6.07) is 23.3. The highest BCUT2D eigenvalue weighted by Gasteiger charge is 2.43. The molecule has 2 unspecified atom stereocenters. The number of fused-ring (bicyclic) bond motifs is 1. The van der Waals surface area contributed by atoms with Crippen molar-refractivity contribution in [3.05, 3.63) is 89.5 Å². The smallest absolute Gasteiger partial charge is 0.336 e. The molecule has 0 radical (unpaired) electrons. The molecule has 2 atom stereocenters. The molecule has 33 heavy (non-hydrogen) atoms. The summed E-state index contributed by atoms with van der Waals surface area (Å²) in [7, 11) is 0. The van der Waals surface area contributed by atoms with E-state index in [0.717, 1.165) is 47.2 Å². The largest absolute Gasteiger partial charge is 0.478 e. The van der Waals surface area contributed by atoms with E-state index >= 15 is 0 Å². The molecule has 1 N–H and O–H groups in total. The molecule has 0 saturated carbocycles. The van der Waals surface area contributed by atoms with E-state index in [0.29, 0.717) is 12.2 Å². The molecule has 0 aromatic heterocycles. The van der Waals surface area contributed by atoms with Gasteiger partial charge in [0.15, 0.2) is 0 Å². The number of carboxylic acid groups (broad SMARTS) is 1. The SMILES string of the molecule is CCCCC1C=Nc2ccccc2C1(OCc1ccc(-c2ccccc2C(=O)O)cc1)SC. The van der Waals surface area contributed by atoms with Crippen LogP contribution in [0.4, 0.5) is 5.69 Å². The second-order valence-corrected chi connectivity index (χ2v) is 9.27. The van der Waals surface area contributed by atoms with Gasteiger partial charge in [0.2, 0.25) is 0 Å². The number of rotatable bonds is 9. The molecule has 0 amide bonds. The number of aliphatic imine (C=N–C) groups is 1. The number of carbonyl (C=O) groups is 1. The number of hydrogen-bond acceptors (Lipinski definition) is 4. The Hall–Kier alpha value is -2.89. The van der Waals surface area contributed by atoms with Crippen LogP contribution in [0.5, 0.6) is 0 Å². The summed E-state index contributed by atoms with van der Waals surface area (Å²) in [6.45, 7) is 2.67. The maximum absolute atomic E-state index is 11.6. The fourth-order valence-corrected chi connectivity index (χ4v) is 5.49. The highest BCUT2D eigenvalue weighted by molar-refractivity contribution is 7.99. The first-order chi connectivity index (χ1) is 16.1. The minimum atomic E-state index is -0.921. The van der Waals surface area contributed by atoms with E-state index in [9.17, 15) is 9.90 Å². The average molecular weight is 460 g/mol. The quantitative estimate of drug-likeness (QED) is 0.341. The zero-order chi connectivity index (χ0) is 23.3. The van der Waals surface area contributed by atoms with Gasteiger partial charge in [-0.3, -0.25) is 4.99 Å². The Morgan fingerprint density at radius 1 is 1.06 bits per heavy atom. The van der Waals surface area contributed by atoms with Crippen molar-refractivity contribution >= 4 is 29.6 Å². The van der Waals surface area contributed by atoms with Crippen molar-refractivity contribution < 1.29 is 14.6 Å².